The first-order chi connectivity index (χ1) is 9.83. The van der Waals surface area contributed by atoms with Gasteiger partial charge in [0.05, 0.1) is 5.60 Å². The van der Waals surface area contributed by atoms with Crippen molar-refractivity contribution in [2.45, 2.75) is 39.2 Å². The first-order valence-corrected chi connectivity index (χ1v) is 7.18. The van der Waals surface area contributed by atoms with Crippen LogP contribution in [0.15, 0.2) is 24.3 Å². The van der Waals surface area contributed by atoms with E-state index in [1.54, 1.807) is 18.2 Å². The normalized spacial score (nSPS) is 14.6. The third-order valence-corrected chi connectivity index (χ3v) is 3.00. The third kappa shape index (κ3) is 5.55. The standard InChI is InChI=1S/C16H22N2O3/c1-16(2,3)21-10-14(19)17-12-5-4-6-13(9-12)18-15(20)11-7-8-11/h4-6,9,11H,7-8,10H2,1-3H3,(H,17,19)(H,18,20). The SMILES string of the molecule is CC(C)(C)OCC(=O)Nc1cccc(NC(=O)C2CC2)c1. The molecule has 1 aliphatic rings. The fourth-order valence-corrected chi connectivity index (χ4v) is 1.74. The Morgan fingerprint density at radius 3 is 2.38 bits per heavy atom. The molecule has 0 aromatic heterocycles. The van der Waals surface area contributed by atoms with E-state index in [0.717, 1.165) is 12.8 Å². The van der Waals surface area contributed by atoms with Crippen molar-refractivity contribution in [1.82, 2.24) is 0 Å². The lowest BCUT2D eigenvalue weighted by Gasteiger charge is -2.19. The number of hydrogen-bond acceptors (Lipinski definition) is 3. The lowest BCUT2D eigenvalue weighted by molar-refractivity contribution is -0.125. The predicted molar refractivity (Wildman–Crippen MR) is 82.1 cm³/mol. The van der Waals surface area contributed by atoms with E-state index in [2.05, 4.69) is 10.6 Å². The van der Waals surface area contributed by atoms with Gasteiger partial charge in [0.2, 0.25) is 11.8 Å². The Morgan fingerprint density at radius 1 is 1.19 bits per heavy atom. The molecule has 0 bridgehead atoms. The van der Waals surface area contributed by atoms with Crippen molar-refractivity contribution in [3.8, 4) is 0 Å². The lowest BCUT2D eigenvalue weighted by atomic mass is 10.2. The number of nitrogens with one attached hydrogen (secondary N) is 2. The van der Waals surface area contributed by atoms with Crippen LogP contribution in [0.1, 0.15) is 33.6 Å². The zero-order valence-electron chi connectivity index (χ0n) is 12.7. The monoisotopic (exact) mass is 290 g/mol. The van der Waals surface area contributed by atoms with Crippen LogP contribution >= 0.6 is 0 Å². The number of benzene rings is 1. The Bertz CT molecular complexity index is 531. The Hall–Kier alpha value is -1.88. The molecule has 1 aromatic rings. The van der Waals surface area contributed by atoms with Crippen LogP contribution in [0.4, 0.5) is 11.4 Å². The summed E-state index contributed by atoms with van der Waals surface area (Å²) in [5.41, 5.74) is 0.991. The van der Waals surface area contributed by atoms with Gasteiger partial charge in [-0.25, -0.2) is 0 Å². The van der Waals surface area contributed by atoms with Crippen molar-refractivity contribution < 1.29 is 14.3 Å². The fraction of sp³-hybridized carbons (Fsp3) is 0.500. The van der Waals surface area contributed by atoms with Crippen molar-refractivity contribution in [2.24, 2.45) is 5.92 Å². The summed E-state index contributed by atoms with van der Waals surface area (Å²) in [6.07, 6.45) is 1.93. The zero-order chi connectivity index (χ0) is 15.5. The van der Waals surface area contributed by atoms with Crippen LogP contribution in [0.2, 0.25) is 0 Å². The Morgan fingerprint density at radius 2 is 1.81 bits per heavy atom. The fourth-order valence-electron chi connectivity index (χ4n) is 1.74. The summed E-state index contributed by atoms with van der Waals surface area (Å²) in [5, 5.41) is 5.61. The summed E-state index contributed by atoms with van der Waals surface area (Å²) >= 11 is 0. The summed E-state index contributed by atoms with van der Waals surface area (Å²) in [6.45, 7) is 5.69. The number of carbonyl (C=O) groups is 2. The molecule has 0 saturated heterocycles. The van der Waals surface area contributed by atoms with E-state index in [1.165, 1.54) is 0 Å². The van der Waals surface area contributed by atoms with Crippen LogP contribution in [0.25, 0.3) is 0 Å². The maximum absolute atomic E-state index is 11.8. The van der Waals surface area contributed by atoms with Crippen molar-refractivity contribution in [3.63, 3.8) is 0 Å². The van der Waals surface area contributed by atoms with Crippen LogP contribution in [0.3, 0.4) is 0 Å². The van der Waals surface area contributed by atoms with E-state index >= 15 is 0 Å². The molecule has 1 fully saturated rings. The Kier molecular flexibility index (Phi) is 4.63. The molecule has 0 atom stereocenters. The highest BCUT2D eigenvalue weighted by Gasteiger charge is 2.29. The first kappa shape index (κ1) is 15.5. The number of anilines is 2. The topological polar surface area (TPSA) is 67.4 Å². The van der Waals surface area contributed by atoms with Crippen molar-refractivity contribution >= 4 is 23.2 Å². The average molecular weight is 290 g/mol. The molecule has 1 saturated carbocycles. The number of ether oxygens (including phenoxy) is 1. The van der Waals surface area contributed by atoms with Gasteiger partial charge in [-0.1, -0.05) is 6.07 Å². The average Bonchev–Trinajstić information content (AvgIpc) is 3.20. The summed E-state index contributed by atoms with van der Waals surface area (Å²) in [4.78, 5) is 23.5. The molecule has 0 aliphatic heterocycles. The van der Waals surface area contributed by atoms with Gasteiger partial charge in [0, 0.05) is 17.3 Å². The van der Waals surface area contributed by atoms with E-state index in [9.17, 15) is 9.59 Å². The minimum atomic E-state index is -0.350. The second-order valence-corrected chi connectivity index (χ2v) is 6.29. The minimum absolute atomic E-state index is 0.00214. The second-order valence-electron chi connectivity index (χ2n) is 6.29. The van der Waals surface area contributed by atoms with Gasteiger partial charge in [-0.3, -0.25) is 9.59 Å². The van der Waals surface area contributed by atoms with Crippen LogP contribution < -0.4 is 10.6 Å². The molecule has 114 valence electrons. The highest BCUT2D eigenvalue weighted by Crippen LogP contribution is 2.30. The van der Waals surface area contributed by atoms with E-state index in [-0.39, 0.29) is 29.9 Å². The van der Waals surface area contributed by atoms with Gasteiger partial charge in [-0.05, 0) is 51.8 Å². The van der Waals surface area contributed by atoms with Crippen LogP contribution in [-0.4, -0.2) is 24.0 Å². The second kappa shape index (κ2) is 6.26. The van der Waals surface area contributed by atoms with Gasteiger partial charge in [-0.15, -0.1) is 0 Å². The molecule has 2 amide bonds. The Balaban J connectivity index is 1.88. The summed E-state index contributed by atoms with van der Waals surface area (Å²) < 4.78 is 5.42. The van der Waals surface area contributed by atoms with Gasteiger partial charge >= 0.3 is 0 Å². The van der Waals surface area contributed by atoms with Crippen LogP contribution in [-0.2, 0) is 14.3 Å². The summed E-state index contributed by atoms with van der Waals surface area (Å²) in [7, 11) is 0. The molecule has 5 nitrogen and oxygen atoms in total. The van der Waals surface area contributed by atoms with E-state index in [4.69, 9.17) is 4.74 Å². The third-order valence-electron chi connectivity index (χ3n) is 3.00. The van der Waals surface area contributed by atoms with Crippen LogP contribution in [0, 0.1) is 5.92 Å². The molecular weight excluding hydrogens is 268 g/mol. The molecule has 5 heteroatoms. The number of amides is 2. The number of hydrogen-bond donors (Lipinski definition) is 2. The largest absolute Gasteiger partial charge is 0.366 e. The van der Waals surface area contributed by atoms with Gasteiger partial charge in [0.1, 0.15) is 6.61 Å². The predicted octanol–water partition coefficient (Wildman–Crippen LogP) is 2.79. The molecule has 1 aromatic carbocycles. The lowest BCUT2D eigenvalue weighted by Crippen LogP contribution is -2.27. The molecule has 0 spiro atoms. The molecule has 21 heavy (non-hydrogen) atoms. The molecule has 2 N–H and O–H groups in total. The summed E-state index contributed by atoms with van der Waals surface area (Å²) in [6, 6.07) is 7.13. The first-order valence-electron chi connectivity index (χ1n) is 7.18. The maximum atomic E-state index is 11.8. The van der Waals surface area contributed by atoms with Gasteiger partial charge in [-0.2, -0.15) is 0 Å². The number of carbonyl (C=O) groups excluding carboxylic acids is 2. The smallest absolute Gasteiger partial charge is 0.250 e. The highest BCUT2D eigenvalue weighted by atomic mass is 16.5. The molecule has 1 aliphatic carbocycles. The van der Waals surface area contributed by atoms with E-state index in [0.29, 0.717) is 11.4 Å². The highest BCUT2D eigenvalue weighted by molar-refractivity contribution is 5.96. The molecule has 2 rings (SSSR count). The van der Waals surface area contributed by atoms with Gasteiger partial charge in [0.25, 0.3) is 0 Å². The van der Waals surface area contributed by atoms with Crippen molar-refractivity contribution in [2.75, 3.05) is 17.2 Å². The molecule has 0 radical (unpaired) electrons. The van der Waals surface area contributed by atoms with E-state index in [1.807, 2.05) is 26.8 Å². The quantitative estimate of drug-likeness (QED) is 0.876. The number of rotatable bonds is 5. The molecule has 0 unspecified atom stereocenters. The molecular formula is C16H22N2O3. The Labute approximate surface area is 125 Å². The van der Waals surface area contributed by atoms with Crippen molar-refractivity contribution in [1.29, 1.82) is 0 Å². The van der Waals surface area contributed by atoms with Crippen LogP contribution in [0.5, 0.6) is 0 Å². The van der Waals surface area contributed by atoms with E-state index < -0.39 is 0 Å². The summed E-state index contributed by atoms with van der Waals surface area (Å²) in [5.74, 6) is -0.00595. The van der Waals surface area contributed by atoms with Gasteiger partial charge < -0.3 is 15.4 Å². The zero-order valence-corrected chi connectivity index (χ0v) is 12.7. The van der Waals surface area contributed by atoms with Gasteiger partial charge in [0.15, 0.2) is 0 Å². The molecule has 0 heterocycles. The van der Waals surface area contributed by atoms with Crippen molar-refractivity contribution in [3.05, 3.63) is 24.3 Å². The minimum Gasteiger partial charge on any atom is -0.366 e. The maximum Gasteiger partial charge on any atom is 0.250 e.